The summed E-state index contributed by atoms with van der Waals surface area (Å²) in [5, 5.41) is 78.6. The Hall–Kier alpha value is -1.02. The largest absolute Gasteiger partial charge is 0.394 e. The van der Waals surface area contributed by atoms with Crippen molar-refractivity contribution in [1.82, 2.24) is 0 Å². The van der Waals surface area contributed by atoms with Gasteiger partial charge in [-0.1, -0.05) is 0 Å². The van der Waals surface area contributed by atoms with E-state index in [0.29, 0.717) is 0 Å². The molecule has 0 spiro atoms. The predicted molar refractivity (Wildman–Crippen MR) is 72.9 cm³/mol. The van der Waals surface area contributed by atoms with Crippen LogP contribution >= 0.6 is 0 Å². The van der Waals surface area contributed by atoms with Gasteiger partial charge in [0, 0.05) is 0 Å². The van der Waals surface area contributed by atoms with E-state index in [4.69, 9.17) is 46.0 Å². The lowest BCUT2D eigenvalue weighted by Gasteiger charge is -2.22. The molecule has 0 aliphatic carbocycles. The molecule has 0 aliphatic rings. The molecule has 0 heterocycles. The van der Waals surface area contributed by atoms with Crippen LogP contribution < -0.4 is 0 Å². The molecule has 0 rings (SSSR count). The maximum Gasteiger partial charge on any atom is 0.151 e. The van der Waals surface area contributed by atoms with Gasteiger partial charge in [-0.25, -0.2) is 0 Å². The fourth-order valence-electron chi connectivity index (χ4n) is 1.19. The third-order valence-corrected chi connectivity index (χ3v) is 2.75. The van der Waals surface area contributed by atoms with Gasteiger partial charge in [0.05, 0.1) is 12.7 Å². The molecule has 0 aliphatic heterocycles. The van der Waals surface area contributed by atoms with Crippen LogP contribution in [-0.2, 0) is 9.59 Å². The van der Waals surface area contributed by atoms with Gasteiger partial charge in [0.1, 0.15) is 42.7 Å². The standard InChI is InChI=1S/C6H12O6.C6H12O5/c7-1-3(9)5(11)6(12)4(10)2-8;1-3(8)5(10)6(11)4(9)2-7/h1,3-6,8-12H,2H2;2-6,8-11H,1H3/t;3-,4-,5-,6-/m.0/s1. The van der Waals surface area contributed by atoms with Crippen LogP contribution in [0.1, 0.15) is 6.92 Å². The van der Waals surface area contributed by atoms with E-state index < -0.39 is 55.4 Å². The monoisotopic (exact) mass is 344 g/mol. The van der Waals surface area contributed by atoms with Gasteiger partial charge in [-0.2, -0.15) is 0 Å². The average molecular weight is 344 g/mol. The van der Waals surface area contributed by atoms with Crippen molar-refractivity contribution in [1.29, 1.82) is 0 Å². The number of aliphatic hydroxyl groups is 9. The lowest BCUT2D eigenvalue weighted by atomic mass is 10.0. The van der Waals surface area contributed by atoms with Gasteiger partial charge in [-0.3, -0.25) is 0 Å². The Morgan fingerprint density at radius 3 is 1.30 bits per heavy atom. The molecule has 0 fully saturated rings. The zero-order valence-corrected chi connectivity index (χ0v) is 12.3. The molecule has 0 radical (unpaired) electrons. The van der Waals surface area contributed by atoms with Crippen LogP contribution in [0.15, 0.2) is 0 Å². The molecule has 0 aromatic rings. The van der Waals surface area contributed by atoms with Crippen LogP contribution in [0.3, 0.4) is 0 Å². The summed E-state index contributed by atoms with van der Waals surface area (Å²) in [5.74, 6) is 0. The molecular formula is C12H24O11. The number of carbonyl (C=O) groups excluding carboxylic acids is 2. The molecule has 23 heavy (non-hydrogen) atoms. The van der Waals surface area contributed by atoms with Gasteiger partial charge in [0.15, 0.2) is 12.6 Å². The first-order chi connectivity index (χ1) is 10.5. The normalized spacial score (nSPS) is 21.5. The fraction of sp³-hybridized carbons (Fsp3) is 0.833. The van der Waals surface area contributed by atoms with Gasteiger partial charge in [0.2, 0.25) is 0 Å². The minimum atomic E-state index is -1.79. The summed E-state index contributed by atoms with van der Waals surface area (Å²) in [5.41, 5.74) is 0. The lowest BCUT2D eigenvalue weighted by molar-refractivity contribution is -0.136. The van der Waals surface area contributed by atoms with Crippen LogP contribution in [0, 0.1) is 0 Å². The second kappa shape index (κ2) is 12.4. The van der Waals surface area contributed by atoms with E-state index in [1.807, 2.05) is 0 Å². The molecule has 11 nitrogen and oxygen atoms in total. The van der Waals surface area contributed by atoms with E-state index in [1.54, 1.807) is 0 Å². The third-order valence-electron chi connectivity index (χ3n) is 2.75. The van der Waals surface area contributed by atoms with E-state index in [1.165, 1.54) is 6.92 Å². The van der Waals surface area contributed by atoms with Gasteiger partial charge in [-0.15, -0.1) is 0 Å². The van der Waals surface area contributed by atoms with Gasteiger partial charge >= 0.3 is 0 Å². The van der Waals surface area contributed by atoms with E-state index in [2.05, 4.69) is 0 Å². The minimum absolute atomic E-state index is 0.0258. The first-order valence-electron chi connectivity index (χ1n) is 6.51. The molecule has 0 bridgehead atoms. The Bertz CT molecular complexity index is 324. The summed E-state index contributed by atoms with van der Waals surface area (Å²) in [4.78, 5) is 19.8. The Morgan fingerprint density at radius 2 is 1.04 bits per heavy atom. The second-order valence-electron chi connectivity index (χ2n) is 4.71. The molecule has 0 aromatic heterocycles. The van der Waals surface area contributed by atoms with Crippen molar-refractivity contribution >= 4 is 12.6 Å². The molecule has 0 aromatic carbocycles. The Labute approximate surface area is 131 Å². The molecule has 4 unspecified atom stereocenters. The van der Waals surface area contributed by atoms with Crippen molar-refractivity contribution in [3.63, 3.8) is 0 Å². The number of rotatable bonds is 9. The van der Waals surface area contributed by atoms with Crippen LogP contribution in [-0.4, -0.2) is 114 Å². The number of hydrogen-bond donors (Lipinski definition) is 9. The highest BCUT2D eigenvalue weighted by molar-refractivity contribution is 5.57. The maximum absolute atomic E-state index is 9.90. The minimum Gasteiger partial charge on any atom is -0.394 e. The van der Waals surface area contributed by atoms with Crippen LogP contribution in [0.4, 0.5) is 0 Å². The number of carbonyl (C=O) groups is 2. The first-order valence-corrected chi connectivity index (χ1v) is 6.51. The van der Waals surface area contributed by atoms with E-state index >= 15 is 0 Å². The van der Waals surface area contributed by atoms with Gasteiger partial charge in [-0.05, 0) is 6.92 Å². The Kier molecular flexibility index (Phi) is 13.1. The average Bonchev–Trinajstić information content (AvgIpc) is 2.56. The van der Waals surface area contributed by atoms with Crippen molar-refractivity contribution in [2.24, 2.45) is 0 Å². The lowest BCUT2D eigenvalue weighted by Crippen LogP contribution is -2.46. The number of hydrogen-bond acceptors (Lipinski definition) is 11. The van der Waals surface area contributed by atoms with Crippen molar-refractivity contribution < 1.29 is 55.5 Å². The SMILES string of the molecule is C[C@H](O)[C@H](O)[C@@H](O)[C@@H](O)C=O.O=CC(O)C(O)C(O)C(O)CO. The highest BCUT2D eigenvalue weighted by Crippen LogP contribution is 2.03. The zero-order chi connectivity index (χ0) is 18.7. The summed E-state index contributed by atoms with van der Waals surface area (Å²) >= 11 is 0. The number of aliphatic hydroxyl groups excluding tert-OH is 9. The molecule has 0 amide bonds. The van der Waals surface area contributed by atoms with E-state index in [-0.39, 0.29) is 12.6 Å². The summed E-state index contributed by atoms with van der Waals surface area (Å²) in [6.45, 7) is 0.481. The molecular weight excluding hydrogens is 320 g/mol. The fourth-order valence-corrected chi connectivity index (χ4v) is 1.19. The molecule has 0 saturated carbocycles. The smallest absolute Gasteiger partial charge is 0.151 e. The summed E-state index contributed by atoms with van der Waals surface area (Å²) in [7, 11) is 0. The maximum atomic E-state index is 9.90. The predicted octanol–water partition coefficient (Wildman–Crippen LogP) is -5.73. The van der Waals surface area contributed by atoms with Crippen molar-refractivity contribution in [2.45, 2.75) is 55.8 Å². The molecule has 138 valence electrons. The zero-order valence-electron chi connectivity index (χ0n) is 12.3. The van der Waals surface area contributed by atoms with Crippen LogP contribution in [0.5, 0.6) is 0 Å². The Balaban J connectivity index is 0. The van der Waals surface area contributed by atoms with Crippen molar-refractivity contribution in [3.8, 4) is 0 Å². The van der Waals surface area contributed by atoms with Crippen LogP contribution in [0.25, 0.3) is 0 Å². The van der Waals surface area contributed by atoms with Gasteiger partial charge in [0.25, 0.3) is 0 Å². The summed E-state index contributed by atoms with van der Waals surface area (Å²) in [6, 6.07) is 0. The van der Waals surface area contributed by atoms with Crippen molar-refractivity contribution in [3.05, 3.63) is 0 Å². The molecule has 8 atom stereocenters. The third kappa shape index (κ3) is 9.00. The van der Waals surface area contributed by atoms with Crippen LogP contribution in [0.2, 0.25) is 0 Å². The number of aldehydes is 2. The highest BCUT2D eigenvalue weighted by Gasteiger charge is 2.29. The molecule has 9 N–H and O–H groups in total. The highest BCUT2D eigenvalue weighted by atomic mass is 16.4. The topological polar surface area (TPSA) is 216 Å². The Morgan fingerprint density at radius 1 is 0.696 bits per heavy atom. The first kappa shape index (κ1) is 24.2. The molecule has 0 saturated heterocycles. The summed E-state index contributed by atoms with van der Waals surface area (Å²) < 4.78 is 0. The van der Waals surface area contributed by atoms with E-state index in [9.17, 15) is 9.59 Å². The summed E-state index contributed by atoms with van der Waals surface area (Å²) in [6.07, 6.45) is -12.7. The van der Waals surface area contributed by atoms with Crippen molar-refractivity contribution in [2.75, 3.05) is 6.61 Å². The second-order valence-corrected chi connectivity index (χ2v) is 4.71. The van der Waals surface area contributed by atoms with Gasteiger partial charge < -0.3 is 55.5 Å². The quantitative estimate of drug-likeness (QED) is 0.179. The molecule has 11 heteroatoms. The van der Waals surface area contributed by atoms with E-state index in [0.717, 1.165) is 0 Å².